The number of anilines is 3. The highest BCUT2D eigenvalue weighted by Crippen LogP contribution is 2.34. The molecule has 0 amide bonds. The van der Waals surface area contributed by atoms with Crippen LogP contribution in [0.2, 0.25) is 0 Å². The summed E-state index contributed by atoms with van der Waals surface area (Å²) in [6, 6.07) is 5.09. The van der Waals surface area contributed by atoms with Crippen LogP contribution in [0, 0.1) is 10.1 Å². The molecule has 0 saturated heterocycles. The minimum atomic E-state index is -0.346. The maximum Gasteiger partial charge on any atom is 0.274 e. The van der Waals surface area contributed by atoms with E-state index < -0.39 is 0 Å². The maximum absolute atomic E-state index is 11.1. The topological polar surface area (TPSA) is 137 Å². The van der Waals surface area contributed by atoms with Gasteiger partial charge in [-0.05, 0) is 18.9 Å². The van der Waals surface area contributed by atoms with Gasteiger partial charge in [-0.15, -0.1) is 0 Å². The number of benzene rings is 1. The third kappa shape index (κ3) is 2.60. The van der Waals surface area contributed by atoms with Crippen molar-refractivity contribution in [3.8, 4) is 0 Å². The van der Waals surface area contributed by atoms with Gasteiger partial charge in [0.2, 0.25) is 11.9 Å². The Morgan fingerprint density at radius 2 is 1.95 bits per heavy atom. The lowest BCUT2D eigenvalue weighted by Gasteiger charge is -2.30. The summed E-state index contributed by atoms with van der Waals surface area (Å²) in [5, 5.41) is 11.1. The van der Waals surface area contributed by atoms with Crippen LogP contribution < -0.4 is 16.4 Å². The van der Waals surface area contributed by atoms with Crippen molar-refractivity contribution in [2.45, 2.75) is 19.4 Å². The van der Waals surface area contributed by atoms with Gasteiger partial charge in [-0.1, -0.05) is 6.07 Å². The van der Waals surface area contributed by atoms with E-state index in [2.05, 4.69) is 15.0 Å². The number of nitrogen functional groups attached to an aromatic ring is 2. The molecule has 4 N–H and O–H groups in total. The molecule has 2 heterocycles. The van der Waals surface area contributed by atoms with E-state index in [0.717, 1.165) is 24.2 Å². The van der Waals surface area contributed by atoms with E-state index >= 15 is 0 Å². The lowest BCUT2D eigenvalue weighted by atomic mass is 10.00. The third-order valence-electron chi connectivity index (χ3n) is 3.57. The molecule has 1 aliphatic rings. The molecule has 0 bridgehead atoms. The van der Waals surface area contributed by atoms with E-state index in [-0.39, 0.29) is 22.5 Å². The average Bonchev–Trinajstić information content (AvgIpc) is 2.45. The summed E-state index contributed by atoms with van der Waals surface area (Å²) in [6.07, 6.45) is 1.51. The van der Waals surface area contributed by atoms with Crippen LogP contribution in [0.4, 0.5) is 23.3 Å². The van der Waals surface area contributed by atoms with Crippen LogP contribution in [0.25, 0.3) is 0 Å². The maximum atomic E-state index is 11.1. The monoisotopic (exact) mass is 301 g/mol. The van der Waals surface area contributed by atoms with Crippen molar-refractivity contribution in [2.75, 3.05) is 22.9 Å². The molecule has 1 aromatic carbocycles. The summed E-state index contributed by atoms with van der Waals surface area (Å²) >= 11 is 0. The predicted octanol–water partition coefficient (Wildman–Crippen LogP) is 0.897. The highest BCUT2D eigenvalue weighted by molar-refractivity contribution is 5.63. The van der Waals surface area contributed by atoms with Crippen LogP contribution in [0.3, 0.4) is 0 Å². The number of hydrogen-bond donors (Lipinski definition) is 2. The number of rotatable bonds is 3. The first-order valence-electron chi connectivity index (χ1n) is 6.81. The minimum Gasteiger partial charge on any atom is -0.368 e. The number of aromatic nitrogens is 3. The molecule has 22 heavy (non-hydrogen) atoms. The van der Waals surface area contributed by atoms with Gasteiger partial charge in [-0.25, -0.2) is 0 Å². The smallest absolute Gasteiger partial charge is 0.274 e. The zero-order chi connectivity index (χ0) is 15.7. The number of hydrogen-bond acceptors (Lipinski definition) is 8. The van der Waals surface area contributed by atoms with Crippen LogP contribution >= 0.6 is 0 Å². The Kier molecular flexibility index (Phi) is 3.45. The van der Waals surface area contributed by atoms with E-state index in [0.29, 0.717) is 18.8 Å². The van der Waals surface area contributed by atoms with Gasteiger partial charge in [0.05, 0.1) is 17.0 Å². The van der Waals surface area contributed by atoms with E-state index in [1.807, 2.05) is 11.0 Å². The molecule has 0 atom stereocenters. The Balaban J connectivity index is 1.95. The summed E-state index contributed by atoms with van der Waals surface area (Å²) in [6.45, 7) is 1.14. The Morgan fingerprint density at radius 3 is 2.64 bits per heavy atom. The summed E-state index contributed by atoms with van der Waals surface area (Å²) in [5.41, 5.74) is 12.9. The summed E-state index contributed by atoms with van der Waals surface area (Å²) in [5.74, 6) is 0.585. The average molecular weight is 301 g/mol. The number of nitrogens with two attached hydrogens (primary N) is 2. The Labute approximate surface area is 126 Å². The molecule has 0 fully saturated rings. The molecule has 0 aliphatic carbocycles. The first kappa shape index (κ1) is 14.0. The second-order valence-corrected chi connectivity index (χ2v) is 5.03. The highest BCUT2D eigenvalue weighted by atomic mass is 16.6. The minimum absolute atomic E-state index is 0.0683. The molecular formula is C13H15N7O2. The van der Waals surface area contributed by atoms with Crippen molar-refractivity contribution >= 4 is 23.3 Å². The van der Waals surface area contributed by atoms with Crippen LogP contribution in [0.1, 0.15) is 17.8 Å². The molecule has 9 heteroatoms. The fourth-order valence-electron chi connectivity index (χ4n) is 2.72. The van der Waals surface area contributed by atoms with Crippen LogP contribution in [-0.2, 0) is 13.0 Å². The Morgan fingerprint density at radius 1 is 1.23 bits per heavy atom. The second-order valence-electron chi connectivity index (χ2n) is 5.03. The van der Waals surface area contributed by atoms with Gasteiger partial charge in [-0.2, -0.15) is 15.0 Å². The number of nitro benzene ring substituents is 1. The van der Waals surface area contributed by atoms with Crippen molar-refractivity contribution in [1.29, 1.82) is 0 Å². The van der Waals surface area contributed by atoms with E-state index in [4.69, 9.17) is 11.5 Å². The highest BCUT2D eigenvalue weighted by Gasteiger charge is 2.25. The molecule has 0 saturated carbocycles. The molecule has 0 spiro atoms. The van der Waals surface area contributed by atoms with Crippen LogP contribution in [0.15, 0.2) is 18.2 Å². The lowest BCUT2D eigenvalue weighted by molar-refractivity contribution is -0.385. The van der Waals surface area contributed by atoms with Gasteiger partial charge >= 0.3 is 0 Å². The first-order valence-corrected chi connectivity index (χ1v) is 6.81. The zero-order valence-corrected chi connectivity index (χ0v) is 11.8. The largest absolute Gasteiger partial charge is 0.368 e. The third-order valence-corrected chi connectivity index (χ3v) is 3.57. The molecule has 1 aliphatic heterocycles. The standard InChI is InChI=1S/C13H15N7O2/c14-12-16-11(17-13(15)18-12)7-19-6-2-3-8-9(19)4-1-5-10(8)20(21)22/h1,4-5H,2-3,6-7H2,(H4,14,15,16,17,18). The van der Waals surface area contributed by atoms with E-state index in [1.54, 1.807) is 6.07 Å². The fraction of sp³-hybridized carbons (Fsp3) is 0.308. The lowest BCUT2D eigenvalue weighted by Crippen LogP contribution is -2.30. The Hall–Kier alpha value is -2.97. The molecule has 2 aromatic rings. The summed E-state index contributed by atoms with van der Waals surface area (Å²) in [4.78, 5) is 24.7. The predicted molar refractivity (Wildman–Crippen MR) is 81.1 cm³/mol. The number of fused-ring (bicyclic) bond motifs is 1. The molecule has 3 rings (SSSR count). The molecule has 0 unspecified atom stereocenters. The molecule has 1 aromatic heterocycles. The van der Waals surface area contributed by atoms with Gasteiger partial charge in [0.1, 0.15) is 0 Å². The van der Waals surface area contributed by atoms with Crippen LogP contribution in [0.5, 0.6) is 0 Å². The summed E-state index contributed by atoms with van der Waals surface area (Å²) in [7, 11) is 0. The van der Waals surface area contributed by atoms with E-state index in [1.165, 1.54) is 6.07 Å². The van der Waals surface area contributed by atoms with Crippen molar-refractivity contribution in [2.24, 2.45) is 0 Å². The molecule has 114 valence electrons. The fourth-order valence-corrected chi connectivity index (χ4v) is 2.72. The van der Waals surface area contributed by atoms with Gasteiger partial charge in [0, 0.05) is 18.3 Å². The zero-order valence-electron chi connectivity index (χ0n) is 11.8. The normalized spacial score (nSPS) is 13.7. The van der Waals surface area contributed by atoms with Crippen LogP contribution in [-0.4, -0.2) is 26.4 Å². The van der Waals surface area contributed by atoms with Crippen molar-refractivity contribution in [3.05, 3.63) is 39.7 Å². The van der Waals surface area contributed by atoms with Gasteiger partial charge < -0.3 is 16.4 Å². The Bertz CT molecular complexity index is 714. The second kappa shape index (κ2) is 5.43. The van der Waals surface area contributed by atoms with Gasteiger partial charge in [0.15, 0.2) is 5.82 Å². The van der Waals surface area contributed by atoms with Crippen molar-refractivity contribution in [3.63, 3.8) is 0 Å². The van der Waals surface area contributed by atoms with Gasteiger partial charge in [-0.3, -0.25) is 10.1 Å². The van der Waals surface area contributed by atoms with Gasteiger partial charge in [0.25, 0.3) is 5.69 Å². The molecule has 0 radical (unpaired) electrons. The molecule has 9 nitrogen and oxygen atoms in total. The first-order chi connectivity index (χ1) is 10.5. The number of nitrogens with zero attached hydrogens (tertiary/aromatic N) is 5. The number of nitro groups is 1. The van der Waals surface area contributed by atoms with Crippen molar-refractivity contribution in [1.82, 2.24) is 15.0 Å². The summed E-state index contributed by atoms with van der Waals surface area (Å²) < 4.78 is 0. The van der Waals surface area contributed by atoms with Crippen molar-refractivity contribution < 1.29 is 4.92 Å². The SMILES string of the molecule is Nc1nc(N)nc(CN2CCCc3c2cccc3[N+](=O)[O-])n1. The van der Waals surface area contributed by atoms with E-state index in [9.17, 15) is 10.1 Å². The quantitative estimate of drug-likeness (QED) is 0.630. The molecular weight excluding hydrogens is 286 g/mol.